The van der Waals surface area contributed by atoms with Crippen molar-refractivity contribution in [1.82, 2.24) is 0 Å². The van der Waals surface area contributed by atoms with E-state index in [-0.39, 0.29) is 0 Å². The third kappa shape index (κ3) is 3.03. The van der Waals surface area contributed by atoms with Gasteiger partial charge >= 0.3 is 0 Å². The van der Waals surface area contributed by atoms with Gasteiger partial charge in [0.1, 0.15) is 5.75 Å². The molecule has 2 rings (SSSR count). The Kier molecular flexibility index (Phi) is 4.35. The Bertz CT molecular complexity index is 437. The van der Waals surface area contributed by atoms with Gasteiger partial charge in [0.15, 0.2) is 0 Å². The second-order valence-electron chi connectivity index (χ2n) is 5.79. The van der Waals surface area contributed by atoms with Crippen LogP contribution in [-0.4, -0.2) is 26.2 Å². The molecule has 1 fully saturated rings. The molecular formula is C16H26N2O. The van der Waals surface area contributed by atoms with Crippen molar-refractivity contribution in [3.8, 4) is 5.75 Å². The van der Waals surface area contributed by atoms with E-state index in [1.807, 2.05) is 0 Å². The van der Waals surface area contributed by atoms with Crippen LogP contribution in [0.4, 0.5) is 5.69 Å². The lowest BCUT2D eigenvalue weighted by Crippen LogP contribution is -2.39. The lowest BCUT2D eigenvalue weighted by atomic mass is 9.90. The van der Waals surface area contributed by atoms with E-state index in [4.69, 9.17) is 10.5 Å². The number of hydrogen-bond donors (Lipinski definition) is 1. The first-order valence-electron chi connectivity index (χ1n) is 7.16. The molecule has 1 aliphatic rings. The number of benzene rings is 1. The molecule has 3 nitrogen and oxygen atoms in total. The molecule has 0 aromatic heterocycles. The fourth-order valence-corrected chi connectivity index (χ4v) is 3.06. The molecule has 0 bridgehead atoms. The van der Waals surface area contributed by atoms with E-state index in [0.29, 0.717) is 12.1 Å². The quantitative estimate of drug-likeness (QED) is 0.910. The van der Waals surface area contributed by atoms with Crippen LogP contribution < -0.4 is 15.4 Å². The average molecular weight is 262 g/mol. The number of aryl methyl sites for hydroxylation is 2. The molecule has 0 spiro atoms. The summed E-state index contributed by atoms with van der Waals surface area (Å²) in [4.78, 5) is 2.42. The number of hydrogen-bond acceptors (Lipinski definition) is 3. The van der Waals surface area contributed by atoms with Crippen LogP contribution in [0.25, 0.3) is 0 Å². The van der Waals surface area contributed by atoms with Gasteiger partial charge in [0, 0.05) is 24.8 Å². The second kappa shape index (κ2) is 5.83. The zero-order valence-electron chi connectivity index (χ0n) is 12.6. The monoisotopic (exact) mass is 262 g/mol. The summed E-state index contributed by atoms with van der Waals surface area (Å²) in [6, 6.07) is 5.40. The van der Waals surface area contributed by atoms with Crippen LogP contribution in [0.1, 0.15) is 36.8 Å². The van der Waals surface area contributed by atoms with E-state index < -0.39 is 0 Å². The lowest BCUT2D eigenvalue weighted by molar-refractivity contribution is 0.384. The van der Waals surface area contributed by atoms with Gasteiger partial charge in [-0.1, -0.05) is 0 Å². The van der Waals surface area contributed by atoms with Gasteiger partial charge in [0.2, 0.25) is 0 Å². The minimum absolute atomic E-state index is 0.406. The first-order chi connectivity index (χ1) is 9.02. The molecule has 0 aliphatic heterocycles. The number of nitrogens with zero attached hydrogens (tertiary/aromatic N) is 1. The Balaban J connectivity index is 2.19. The van der Waals surface area contributed by atoms with Gasteiger partial charge < -0.3 is 15.4 Å². The fourth-order valence-electron chi connectivity index (χ4n) is 3.06. The minimum Gasteiger partial charge on any atom is -0.496 e. The van der Waals surface area contributed by atoms with Crippen LogP contribution in [0, 0.1) is 13.8 Å². The summed E-state index contributed by atoms with van der Waals surface area (Å²) >= 11 is 0. The number of rotatable bonds is 3. The highest BCUT2D eigenvalue weighted by molar-refractivity contribution is 5.59. The summed E-state index contributed by atoms with van der Waals surface area (Å²) in [5.74, 6) is 0.973. The summed E-state index contributed by atoms with van der Waals surface area (Å²) in [6.45, 7) is 4.26. The van der Waals surface area contributed by atoms with Crippen molar-refractivity contribution >= 4 is 5.69 Å². The molecule has 1 aliphatic carbocycles. The number of anilines is 1. The maximum Gasteiger partial charge on any atom is 0.122 e. The third-order valence-electron chi connectivity index (χ3n) is 4.38. The molecule has 0 unspecified atom stereocenters. The summed E-state index contributed by atoms with van der Waals surface area (Å²) in [5, 5.41) is 0. The van der Waals surface area contributed by atoms with E-state index in [1.54, 1.807) is 7.11 Å². The predicted octanol–water partition coefficient (Wildman–Crippen LogP) is 3.02. The largest absolute Gasteiger partial charge is 0.496 e. The molecule has 1 saturated carbocycles. The van der Waals surface area contributed by atoms with Gasteiger partial charge in [-0.25, -0.2) is 0 Å². The van der Waals surface area contributed by atoms with Crippen LogP contribution in [0.2, 0.25) is 0 Å². The Morgan fingerprint density at radius 1 is 1.11 bits per heavy atom. The molecule has 0 atom stereocenters. The molecule has 0 saturated heterocycles. The van der Waals surface area contributed by atoms with Gasteiger partial charge in [-0.3, -0.25) is 0 Å². The maximum absolute atomic E-state index is 5.99. The van der Waals surface area contributed by atoms with E-state index >= 15 is 0 Å². The van der Waals surface area contributed by atoms with Crippen molar-refractivity contribution in [1.29, 1.82) is 0 Å². The summed E-state index contributed by atoms with van der Waals surface area (Å²) in [7, 11) is 3.93. The maximum atomic E-state index is 5.99. The summed E-state index contributed by atoms with van der Waals surface area (Å²) in [6.07, 6.45) is 4.68. The molecule has 2 N–H and O–H groups in total. The molecule has 3 heteroatoms. The third-order valence-corrected chi connectivity index (χ3v) is 4.38. The van der Waals surface area contributed by atoms with Crippen LogP contribution >= 0.6 is 0 Å². The molecule has 0 heterocycles. The smallest absolute Gasteiger partial charge is 0.122 e. The zero-order chi connectivity index (χ0) is 14.0. The van der Waals surface area contributed by atoms with Gasteiger partial charge in [-0.05, 0) is 62.8 Å². The first-order valence-corrected chi connectivity index (χ1v) is 7.16. The minimum atomic E-state index is 0.406. The Labute approximate surface area is 116 Å². The van der Waals surface area contributed by atoms with Gasteiger partial charge in [0.05, 0.1) is 7.11 Å². The average Bonchev–Trinajstić information content (AvgIpc) is 2.41. The molecule has 1 aromatic rings. The summed E-state index contributed by atoms with van der Waals surface area (Å²) < 4.78 is 5.39. The Morgan fingerprint density at radius 3 is 2.32 bits per heavy atom. The molecule has 0 amide bonds. The Morgan fingerprint density at radius 2 is 1.74 bits per heavy atom. The molecular weight excluding hydrogens is 236 g/mol. The fraction of sp³-hybridized carbons (Fsp3) is 0.625. The van der Waals surface area contributed by atoms with E-state index in [2.05, 4.69) is 37.9 Å². The highest BCUT2D eigenvalue weighted by Gasteiger charge is 2.23. The molecule has 0 radical (unpaired) electrons. The highest BCUT2D eigenvalue weighted by atomic mass is 16.5. The predicted molar refractivity (Wildman–Crippen MR) is 81.1 cm³/mol. The first kappa shape index (κ1) is 14.2. The number of nitrogens with two attached hydrogens (primary N) is 1. The van der Waals surface area contributed by atoms with Crippen molar-refractivity contribution in [2.24, 2.45) is 5.73 Å². The molecule has 1 aromatic carbocycles. The van der Waals surface area contributed by atoms with E-state index in [0.717, 1.165) is 18.6 Å². The van der Waals surface area contributed by atoms with Crippen molar-refractivity contribution in [3.05, 3.63) is 23.3 Å². The van der Waals surface area contributed by atoms with Crippen molar-refractivity contribution in [2.75, 3.05) is 19.1 Å². The van der Waals surface area contributed by atoms with Crippen LogP contribution in [0.5, 0.6) is 5.75 Å². The zero-order valence-corrected chi connectivity index (χ0v) is 12.6. The van der Waals surface area contributed by atoms with Crippen LogP contribution in [0.15, 0.2) is 12.1 Å². The van der Waals surface area contributed by atoms with Crippen LogP contribution in [-0.2, 0) is 0 Å². The standard InChI is InChI=1S/C16H26N2O/c1-11-10-16(19-4)12(2)9-15(11)18(3)14-7-5-13(17)6-8-14/h9-10,13-14H,5-8,17H2,1-4H3. The molecule has 19 heavy (non-hydrogen) atoms. The second-order valence-corrected chi connectivity index (χ2v) is 5.79. The van der Waals surface area contributed by atoms with Crippen molar-refractivity contribution in [2.45, 2.75) is 51.6 Å². The lowest BCUT2D eigenvalue weighted by Gasteiger charge is -2.36. The normalized spacial score (nSPS) is 23.2. The Hall–Kier alpha value is -1.22. The topological polar surface area (TPSA) is 38.5 Å². The van der Waals surface area contributed by atoms with Gasteiger partial charge in [-0.2, -0.15) is 0 Å². The van der Waals surface area contributed by atoms with E-state index in [1.165, 1.54) is 29.7 Å². The van der Waals surface area contributed by atoms with Crippen LogP contribution in [0.3, 0.4) is 0 Å². The molecule has 106 valence electrons. The highest BCUT2D eigenvalue weighted by Crippen LogP contribution is 2.32. The SMILES string of the molecule is COc1cc(C)c(N(C)C2CCC(N)CC2)cc1C. The van der Waals surface area contributed by atoms with Gasteiger partial charge in [0.25, 0.3) is 0 Å². The van der Waals surface area contributed by atoms with E-state index in [9.17, 15) is 0 Å². The summed E-state index contributed by atoms with van der Waals surface area (Å²) in [5.41, 5.74) is 9.79. The van der Waals surface area contributed by atoms with Crippen molar-refractivity contribution in [3.63, 3.8) is 0 Å². The number of ether oxygens (including phenoxy) is 1. The van der Waals surface area contributed by atoms with Gasteiger partial charge in [-0.15, -0.1) is 0 Å². The van der Waals surface area contributed by atoms with Crippen molar-refractivity contribution < 1.29 is 4.74 Å². The number of methoxy groups -OCH3 is 1.